The molecule has 154 valence electrons. The van der Waals surface area contributed by atoms with Gasteiger partial charge in [0.2, 0.25) is 0 Å². The molecule has 0 heterocycles. The molecule has 0 aliphatic heterocycles. The van der Waals surface area contributed by atoms with Gasteiger partial charge in [0.15, 0.2) is 0 Å². The van der Waals surface area contributed by atoms with Crippen LogP contribution in [0.3, 0.4) is 0 Å². The molecule has 2 saturated carbocycles. The molecule has 5 atom stereocenters. The van der Waals surface area contributed by atoms with Gasteiger partial charge in [0.1, 0.15) is 11.5 Å². The maximum atomic E-state index is 9.75. The lowest BCUT2D eigenvalue weighted by Gasteiger charge is -2.51. The molecule has 0 amide bonds. The Morgan fingerprint density at radius 3 is 2.83 bits per heavy atom. The molecule has 0 bridgehead atoms. The third kappa shape index (κ3) is 3.24. The second-order valence-electron chi connectivity index (χ2n) is 9.71. The van der Waals surface area contributed by atoms with Crippen LogP contribution < -0.4 is 10.1 Å². The first-order valence-electron chi connectivity index (χ1n) is 11.3. The molecule has 3 aliphatic carbocycles. The summed E-state index contributed by atoms with van der Waals surface area (Å²) in [6.45, 7) is 3.39. The van der Waals surface area contributed by atoms with Crippen molar-refractivity contribution in [1.82, 2.24) is 5.32 Å². The van der Waals surface area contributed by atoms with Crippen molar-refractivity contribution in [1.29, 1.82) is 0 Å². The van der Waals surface area contributed by atoms with Crippen LogP contribution in [0, 0.1) is 17.3 Å². The highest BCUT2D eigenvalue weighted by molar-refractivity contribution is 5.40. The van der Waals surface area contributed by atoms with Crippen LogP contribution in [-0.4, -0.2) is 18.3 Å². The number of hydrogen-bond acceptors (Lipinski definition) is 3. The number of aryl methyl sites for hydroxylation is 1. The van der Waals surface area contributed by atoms with Gasteiger partial charge in [0.25, 0.3) is 0 Å². The summed E-state index contributed by atoms with van der Waals surface area (Å²) in [5, 5.41) is 13.6. The normalized spacial score (nSPS) is 32.9. The van der Waals surface area contributed by atoms with E-state index in [4.69, 9.17) is 4.74 Å². The lowest BCUT2D eigenvalue weighted by molar-refractivity contribution is 0.0408. The molecule has 3 aliphatic rings. The second-order valence-corrected chi connectivity index (χ2v) is 9.71. The second kappa shape index (κ2) is 7.36. The zero-order chi connectivity index (χ0) is 20.0. The van der Waals surface area contributed by atoms with Crippen LogP contribution in [0.15, 0.2) is 42.5 Å². The van der Waals surface area contributed by atoms with Gasteiger partial charge in [-0.25, -0.2) is 0 Å². The molecule has 0 aromatic heterocycles. The van der Waals surface area contributed by atoms with Crippen molar-refractivity contribution in [2.24, 2.45) is 17.3 Å². The summed E-state index contributed by atoms with van der Waals surface area (Å²) in [5.41, 5.74) is 4.68. The van der Waals surface area contributed by atoms with E-state index < -0.39 is 0 Å². The number of phenols is 1. The maximum absolute atomic E-state index is 9.75. The summed E-state index contributed by atoms with van der Waals surface area (Å²) in [5.74, 6) is 3.73. The average molecular weight is 392 g/mol. The van der Waals surface area contributed by atoms with E-state index in [0.29, 0.717) is 17.2 Å². The monoisotopic (exact) mass is 391 g/mol. The Hall–Kier alpha value is -2.00. The van der Waals surface area contributed by atoms with Crippen molar-refractivity contribution in [2.45, 2.75) is 64.0 Å². The topological polar surface area (TPSA) is 41.5 Å². The molecule has 3 nitrogen and oxygen atoms in total. The van der Waals surface area contributed by atoms with Crippen LogP contribution in [0.4, 0.5) is 0 Å². The van der Waals surface area contributed by atoms with Crippen LogP contribution in [0.1, 0.15) is 61.6 Å². The Morgan fingerprint density at radius 2 is 2.00 bits per heavy atom. The molecule has 2 aromatic rings. The minimum atomic E-state index is 0.359. The van der Waals surface area contributed by atoms with Crippen LogP contribution in [0.5, 0.6) is 11.5 Å². The zero-order valence-electron chi connectivity index (χ0n) is 17.7. The first-order chi connectivity index (χ1) is 14.1. The Kier molecular flexibility index (Phi) is 4.82. The van der Waals surface area contributed by atoms with Gasteiger partial charge in [-0.1, -0.05) is 25.1 Å². The molecule has 0 saturated heterocycles. The summed E-state index contributed by atoms with van der Waals surface area (Å²) in [6.07, 6.45) is 7.76. The summed E-state index contributed by atoms with van der Waals surface area (Å²) in [7, 11) is 1.77. The highest BCUT2D eigenvalue weighted by Crippen LogP contribution is 2.61. The molecule has 0 radical (unpaired) electrons. The average Bonchev–Trinajstić information content (AvgIpc) is 3.08. The Morgan fingerprint density at radius 1 is 1.10 bits per heavy atom. The zero-order valence-corrected chi connectivity index (χ0v) is 17.7. The third-order valence-electron chi connectivity index (χ3n) is 8.40. The summed E-state index contributed by atoms with van der Waals surface area (Å²) >= 11 is 0. The number of rotatable bonds is 4. The quantitative estimate of drug-likeness (QED) is 0.732. The standard InChI is InChI=1S/C26H33NO2/c1-26-13-12-22-21-9-7-20(29-2)15-18(21)6-8-23(22)24(26)10-11-25(26)27-16-17-4-3-5-19(28)14-17/h3-5,7,9,14-15,22-25,27-28H,6,8,10-13,16H2,1-2H3. The predicted octanol–water partition coefficient (Wildman–Crippen LogP) is 5.42. The van der Waals surface area contributed by atoms with Crippen LogP contribution in [-0.2, 0) is 13.0 Å². The van der Waals surface area contributed by atoms with Crippen molar-refractivity contribution in [3.05, 3.63) is 59.2 Å². The van der Waals surface area contributed by atoms with E-state index in [1.807, 2.05) is 12.1 Å². The molecule has 5 unspecified atom stereocenters. The van der Waals surface area contributed by atoms with E-state index in [1.165, 1.54) is 49.7 Å². The van der Waals surface area contributed by atoms with E-state index in [1.54, 1.807) is 18.7 Å². The molecular weight excluding hydrogens is 358 g/mol. The minimum Gasteiger partial charge on any atom is -0.508 e. The van der Waals surface area contributed by atoms with Crippen LogP contribution in [0.25, 0.3) is 0 Å². The van der Waals surface area contributed by atoms with Crippen molar-refractivity contribution >= 4 is 0 Å². The number of methoxy groups -OCH3 is 1. The Bertz CT molecular complexity index is 894. The maximum Gasteiger partial charge on any atom is 0.119 e. The van der Waals surface area contributed by atoms with Crippen molar-refractivity contribution < 1.29 is 9.84 Å². The first-order valence-corrected chi connectivity index (χ1v) is 11.3. The van der Waals surface area contributed by atoms with Crippen LogP contribution >= 0.6 is 0 Å². The lowest BCUT2D eigenvalue weighted by Crippen LogP contribution is -2.48. The van der Waals surface area contributed by atoms with Gasteiger partial charge in [-0.15, -0.1) is 0 Å². The van der Waals surface area contributed by atoms with Gasteiger partial charge in [-0.2, -0.15) is 0 Å². The summed E-state index contributed by atoms with van der Waals surface area (Å²) < 4.78 is 5.46. The molecule has 29 heavy (non-hydrogen) atoms. The molecule has 3 heteroatoms. The smallest absolute Gasteiger partial charge is 0.119 e. The molecule has 5 rings (SSSR count). The van der Waals surface area contributed by atoms with E-state index in [2.05, 4.69) is 36.5 Å². The fourth-order valence-corrected chi connectivity index (χ4v) is 6.93. The number of ether oxygens (including phenoxy) is 1. The first kappa shape index (κ1) is 19.0. The molecule has 2 aromatic carbocycles. The fourth-order valence-electron chi connectivity index (χ4n) is 6.93. The summed E-state index contributed by atoms with van der Waals surface area (Å²) in [6, 6.07) is 15.0. The molecular formula is C26H33NO2. The lowest BCUT2D eigenvalue weighted by atomic mass is 9.55. The fraction of sp³-hybridized carbons (Fsp3) is 0.538. The molecule has 2 N–H and O–H groups in total. The highest BCUT2D eigenvalue weighted by atomic mass is 16.5. The highest BCUT2D eigenvalue weighted by Gasteiger charge is 2.54. The van der Waals surface area contributed by atoms with Crippen molar-refractivity contribution in [3.8, 4) is 11.5 Å². The SMILES string of the molecule is COc1ccc2c(c1)CCC1C2CCC2(C)C(NCc3cccc(O)c3)CCC12. The predicted molar refractivity (Wildman–Crippen MR) is 116 cm³/mol. The number of phenolic OH excluding ortho intramolecular Hbond substituents is 1. The minimum absolute atomic E-state index is 0.359. The van der Waals surface area contributed by atoms with E-state index >= 15 is 0 Å². The van der Waals surface area contributed by atoms with Gasteiger partial charge in [-0.05, 0) is 103 Å². The molecule has 0 spiro atoms. The van der Waals surface area contributed by atoms with E-state index in [0.717, 1.165) is 30.0 Å². The van der Waals surface area contributed by atoms with Crippen molar-refractivity contribution in [2.75, 3.05) is 7.11 Å². The van der Waals surface area contributed by atoms with E-state index in [-0.39, 0.29) is 0 Å². The van der Waals surface area contributed by atoms with Gasteiger partial charge in [0.05, 0.1) is 7.11 Å². The van der Waals surface area contributed by atoms with Crippen molar-refractivity contribution in [3.63, 3.8) is 0 Å². The largest absolute Gasteiger partial charge is 0.508 e. The number of nitrogens with one attached hydrogen (secondary N) is 1. The van der Waals surface area contributed by atoms with Gasteiger partial charge < -0.3 is 15.2 Å². The number of benzene rings is 2. The Balaban J connectivity index is 1.33. The Labute approximate surface area is 174 Å². The molecule has 2 fully saturated rings. The van der Waals surface area contributed by atoms with Crippen LogP contribution in [0.2, 0.25) is 0 Å². The third-order valence-corrected chi connectivity index (χ3v) is 8.40. The number of aromatic hydroxyl groups is 1. The van der Waals surface area contributed by atoms with Gasteiger partial charge >= 0.3 is 0 Å². The number of fused-ring (bicyclic) bond motifs is 5. The van der Waals surface area contributed by atoms with E-state index in [9.17, 15) is 5.11 Å². The summed E-state index contributed by atoms with van der Waals surface area (Å²) in [4.78, 5) is 0. The van der Waals surface area contributed by atoms with Gasteiger partial charge in [0, 0.05) is 12.6 Å². The number of hydrogen-bond donors (Lipinski definition) is 2. The van der Waals surface area contributed by atoms with Gasteiger partial charge in [-0.3, -0.25) is 0 Å².